The largest absolute Gasteiger partial charge is 0.103 e. The highest BCUT2D eigenvalue weighted by Gasteiger charge is 1.71. The number of unbranched alkanes of at least 4 members (excludes halogenated alkanes) is 2. The van der Waals surface area contributed by atoms with Crippen molar-refractivity contribution in [1.29, 1.82) is 0 Å². The molecule has 0 rings (SSSR count). The van der Waals surface area contributed by atoms with Crippen LogP contribution in [0.4, 0.5) is 0 Å². The van der Waals surface area contributed by atoms with E-state index in [4.69, 9.17) is 0 Å². The van der Waals surface area contributed by atoms with Crippen molar-refractivity contribution in [1.82, 2.24) is 0 Å². The van der Waals surface area contributed by atoms with Gasteiger partial charge in [-0.2, -0.15) is 0 Å². The van der Waals surface area contributed by atoms with Gasteiger partial charge in [-0.05, 0) is 6.42 Å². The fourth-order valence-corrected chi connectivity index (χ4v) is 0.348. The molecule has 0 aromatic heterocycles. The van der Waals surface area contributed by atoms with Gasteiger partial charge in [0.2, 0.25) is 0 Å². The lowest BCUT2D eigenvalue weighted by Gasteiger charge is -1.81. The van der Waals surface area contributed by atoms with Gasteiger partial charge in [-0.25, -0.2) is 0 Å². The van der Waals surface area contributed by atoms with Crippen molar-refractivity contribution in [3.05, 3.63) is 12.7 Å². The monoisotopic (exact) mass is 108 g/mol. The molecule has 0 aliphatic carbocycles. The SMILES string of the molecule is C=CCCCC.[Mg]. The number of hydrogen-bond acceptors (Lipinski definition) is 0. The summed E-state index contributed by atoms with van der Waals surface area (Å²) in [6.07, 6.45) is 5.72. The molecule has 0 saturated carbocycles. The molecule has 0 heterocycles. The standard InChI is InChI=1S/C6H12.Mg/c1-3-5-6-4-2;/h3H,1,4-6H2,2H3;. The molecule has 0 spiro atoms. The normalized spacial score (nSPS) is 7.00. The Hall–Kier alpha value is 0.506. The van der Waals surface area contributed by atoms with Gasteiger partial charge in [0.15, 0.2) is 0 Å². The van der Waals surface area contributed by atoms with E-state index in [0.717, 1.165) is 0 Å². The molecule has 0 N–H and O–H groups in total. The second-order valence-corrected chi connectivity index (χ2v) is 1.43. The summed E-state index contributed by atoms with van der Waals surface area (Å²) in [4.78, 5) is 0. The van der Waals surface area contributed by atoms with E-state index in [-0.39, 0.29) is 23.1 Å². The fraction of sp³-hybridized carbons (Fsp3) is 0.667. The number of hydrogen-bond donors (Lipinski definition) is 0. The molecule has 0 aliphatic rings. The molecule has 38 valence electrons. The van der Waals surface area contributed by atoms with Crippen molar-refractivity contribution in [3.63, 3.8) is 0 Å². The van der Waals surface area contributed by atoms with Gasteiger partial charge < -0.3 is 0 Å². The highest BCUT2D eigenvalue weighted by molar-refractivity contribution is 5.75. The van der Waals surface area contributed by atoms with Crippen molar-refractivity contribution >= 4 is 23.1 Å². The van der Waals surface area contributed by atoms with Gasteiger partial charge in [-0.1, -0.05) is 25.8 Å². The van der Waals surface area contributed by atoms with Crippen LogP contribution >= 0.6 is 0 Å². The maximum atomic E-state index is 3.60. The quantitative estimate of drug-likeness (QED) is 0.295. The van der Waals surface area contributed by atoms with Crippen molar-refractivity contribution in [3.8, 4) is 0 Å². The third-order valence-electron chi connectivity index (χ3n) is 0.762. The minimum Gasteiger partial charge on any atom is -0.103 e. The Morgan fingerprint density at radius 1 is 1.57 bits per heavy atom. The molecule has 0 saturated heterocycles. The summed E-state index contributed by atoms with van der Waals surface area (Å²) in [5.41, 5.74) is 0. The summed E-state index contributed by atoms with van der Waals surface area (Å²) in [5.74, 6) is 0. The average Bonchev–Trinajstić information content (AvgIpc) is 1.61. The lowest BCUT2D eigenvalue weighted by Crippen LogP contribution is -1.61. The highest BCUT2D eigenvalue weighted by atomic mass is 24.3. The summed E-state index contributed by atoms with van der Waals surface area (Å²) in [6.45, 7) is 5.78. The zero-order valence-corrected chi connectivity index (χ0v) is 6.53. The minimum atomic E-state index is 0. The van der Waals surface area contributed by atoms with Gasteiger partial charge in [0.25, 0.3) is 0 Å². The molecule has 0 amide bonds. The summed E-state index contributed by atoms with van der Waals surface area (Å²) in [7, 11) is 0. The van der Waals surface area contributed by atoms with Crippen LogP contribution in [0, 0.1) is 0 Å². The highest BCUT2D eigenvalue weighted by Crippen LogP contribution is 1.91. The molecule has 0 bridgehead atoms. The second-order valence-electron chi connectivity index (χ2n) is 1.43. The summed E-state index contributed by atoms with van der Waals surface area (Å²) in [5, 5.41) is 0. The molecule has 1 heteroatoms. The predicted molar refractivity (Wildman–Crippen MR) is 35.5 cm³/mol. The lowest BCUT2D eigenvalue weighted by molar-refractivity contribution is 0.816. The third kappa shape index (κ3) is 10.7. The van der Waals surface area contributed by atoms with E-state index in [1.54, 1.807) is 0 Å². The van der Waals surface area contributed by atoms with Gasteiger partial charge in [0.05, 0.1) is 0 Å². The number of rotatable bonds is 3. The Bertz CT molecular complexity index is 33.2. The first kappa shape index (κ1) is 10.5. The van der Waals surface area contributed by atoms with Gasteiger partial charge >= 0.3 is 0 Å². The van der Waals surface area contributed by atoms with Gasteiger partial charge in [-0.15, -0.1) is 6.58 Å². The molecular formula is C6H12Mg. The second kappa shape index (κ2) is 9.71. The third-order valence-corrected chi connectivity index (χ3v) is 0.762. The van der Waals surface area contributed by atoms with E-state index in [1.165, 1.54) is 19.3 Å². The predicted octanol–water partition coefficient (Wildman–Crippen LogP) is 1.98. The fourth-order valence-electron chi connectivity index (χ4n) is 0.348. The van der Waals surface area contributed by atoms with Crippen LogP contribution in [-0.4, -0.2) is 23.1 Å². The van der Waals surface area contributed by atoms with E-state index in [9.17, 15) is 0 Å². The Balaban J connectivity index is 0. The topological polar surface area (TPSA) is 0 Å². The first-order valence-electron chi connectivity index (χ1n) is 2.52. The van der Waals surface area contributed by atoms with Gasteiger partial charge in [0, 0.05) is 23.1 Å². The van der Waals surface area contributed by atoms with Gasteiger partial charge in [0.1, 0.15) is 0 Å². The van der Waals surface area contributed by atoms with E-state index >= 15 is 0 Å². The van der Waals surface area contributed by atoms with Crippen molar-refractivity contribution in [2.24, 2.45) is 0 Å². The van der Waals surface area contributed by atoms with Crippen molar-refractivity contribution < 1.29 is 0 Å². The van der Waals surface area contributed by atoms with E-state index in [1.807, 2.05) is 6.08 Å². The number of allylic oxidation sites excluding steroid dienone is 1. The molecule has 0 unspecified atom stereocenters. The van der Waals surface area contributed by atoms with Crippen molar-refractivity contribution in [2.75, 3.05) is 0 Å². The zero-order valence-electron chi connectivity index (χ0n) is 5.11. The molecule has 0 aromatic rings. The zero-order chi connectivity index (χ0) is 4.83. The molecular weight excluding hydrogens is 96.4 g/mol. The van der Waals surface area contributed by atoms with E-state index in [0.29, 0.717) is 0 Å². The summed E-state index contributed by atoms with van der Waals surface area (Å²) < 4.78 is 0. The smallest absolute Gasteiger partial charge is 0 e. The van der Waals surface area contributed by atoms with Crippen LogP contribution < -0.4 is 0 Å². The van der Waals surface area contributed by atoms with Crippen LogP contribution in [-0.2, 0) is 0 Å². The van der Waals surface area contributed by atoms with Crippen molar-refractivity contribution in [2.45, 2.75) is 26.2 Å². The van der Waals surface area contributed by atoms with Gasteiger partial charge in [-0.3, -0.25) is 0 Å². The van der Waals surface area contributed by atoms with Crippen LogP contribution in [0.3, 0.4) is 0 Å². The summed E-state index contributed by atoms with van der Waals surface area (Å²) >= 11 is 0. The Kier molecular flexibility index (Phi) is 14.5. The van der Waals surface area contributed by atoms with Crippen LogP contribution in [0.2, 0.25) is 0 Å². The van der Waals surface area contributed by atoms with Crippen LogP contribution in [0.25, 0.3) is 0 Å². The average molecular weight is 108 g/mol. The first-order valence-corrected chi connectivity index (χ1v) is 2.52. The van der Waals surface area contributed by atoms with E-state index in [2.05, 4.69) is 13.5 Å². The molecule has 0 aromatic carbocycles. The molecule has 2 radical (unpaired) electrons. The Morgan fingerprint density at radius 2 is 2.14 bits per heavy atom. The van der Waals surface area contributed by atoms with E-state index < -0.39 is 0 Å². The summed E-state index contributed by atoms with van der Waals surface area (Å²) in [6, 6.07) is 0. The Morgan fingerprint density at radius 3 is 2.29 bits per heavy atom. The first-order chi connectivity index (χ1) is 2.91. The molecule has 7 heavy (non-hydrogen) atoms. The maximum Gasteiger partial charge on any atom is 0 e. The van der Waals surface area contributed by atoms with Crippen LogP contribution in [0.1, 0.15) is 26.2 Å². The Labute approximate surface area is 62.1 Å². The lowest BCUT2D eigenvalue weighted by atomic mass is 10.3. The minimum absolute atomic E-state index is 0. The molecule has 0 atom stereocenters. The molecule has 0 fully saturated rings. The molecule has 0 aliphatic heterocycles. The van der Waals surface area contributed by atoms with Crippen LogP contribution in [0.15, 0.2) is 12.7 Å². The molecule has 0 nitrogen and oxygen atoms in total. The maximum absolute atomic E-state index is 3.60. The van der Waals surface area contributed by atoms with Crippen LogP contribution in [0.5, 0.6) is 0 Å².